The Balaban J connectivity index is 2.42. The molecule has 0 saturated heterocycles. The van der Waals surface area contributed by atoms with Crippen molar-refractivity contribution in [2.24, 2.45) is 0 Å². The molecule has 19 heavy (non-hydrogen) atoms. The number of methoxy groups -OCH3 is 1. The van der Waals surface area contributed by atoms with Crippen LogP contribution in [0.1, 0.15) is 0 Å². The van der Waals surface area contributed by atoms with Crippen molar-refractivity contribution in [1.82, 2.24) is 4.98 Å². The Morgan fingerprint density at radius 1 is 1.32 bits per heavy atom. The van der Waals surface area contributed by atoms with Gasteiger partial charge in [-0.05, 0) is 18.2 Å². The second-order valence-corrected chi connectivity index (χ2v) is 3.69. The van der Waals surface area contributed by atoms with Crippen LogP contribution in [0.5, 0.6) is 5.75 Å². The Kier molecular flexibility index (Phi) is 3.46. The van der Waals surface area contributed by atoms with Gasteiger partial charge in [0.25, 0.3) is 0 Å². The van der Waals surface area contributed by atoms with Crippen LogP contribution in [0.25, 0.3) is 0 Å². The van der Waals surface area contributed by atoms with Gasteiger partial charge in [-0.25, -0.2) is 4.98 Å². The first-order valence-electron chi connectivity index (χ1n) is 5.43. The molecule has 7 nitrogen and oxygen atoms in total. The van der Waals surface area contributed by atoms with Gasteiger partial charge in [-0.2, -0.15) is 0 Å². The topological polar surface area (TPSA) is 103 Å². The van der Waals surface area contributed by atoms with Crippen LogP contribution in [0.2, 0.25) is 0 Å². The maximum Gasteiger partial charge on any atom is 0.311 e. The lowest BCUT2D eigenvalue weighted by atomic mass is 10.3. The van der Waals surface area contributed by atoms with Crippen LogP contribution in [-0.4, -0.2) is 17.0 Å². The van der Waals surface area contributed by atoms with Crippen LogP contribution in [0.3, 0.4) is 0 Å². The Hall–Kier alpha value is -2.83. The van der Waals surface area contributed by atoms with E-state index in [9.17, 15) is 10.1 Å². The number of nitro groups is 1. The molecule has 7 heteroatoms. The molecule has 1 heterocycles. The molecule has 0 saturated carbocycles. The minimum atomic E-state index is -0.524. The summed E-state index contributed by atoms with van der Waals surface area (Å²) in [5.74, 6) is 0.832. The fourth-order valence-electron chi connectivity index (χ4n) is 1.58. The number of nitrogens with zero attached hydrogens (tertiary/aromatic N) is 2. The largest absolute Gasteiger partial charge is 0.495 e. The lowest BCUT2D eigenvalue weighted by Gasteiger charge is -2.10. The molecule has 1 aromatic carbocycles. The van der Waals surface area contributed by atoms with Gasteiger partial charge in [-0.1, -0.05) is 12.1 Å². The molecule has 2 aromatic rings. The average Bonchev–Trinajstić information content (AvgIpc) is 2.39. The van der Waals surface area contributed by atoms with Crippen molar-refractivity contribution in [2.75, 3.05) is 18.2 Å². The minimum absolute atomic E-state index is 0.0782. The van der Waals surface area contributed by atoms with Gasteiger partial charge in [0.2, 0.25) is 5.82 Å². The van der Waals surface area contributed by atoms with E-state index in [1.165, 1.54) is 19.2 Å². The molecule has 0 atom stereocenters. The van der Waals surface area contributed by atoms with Gasteiger partial charge in [0.1, 0.15) is 11.6 Å². The quantitative estimate of drug-likeness (QED) is 0.645. The van der Waals surface area contributed by atoms with Crippen LogP contribution in [0.15, 0.2) is 36.4 Å². The third kappa shape index (κ3) is 2.71. The fourth-order valence-corrected chi connectivity index (χ4v) is 1.58. The van der Waals surface area contributed by atoms with Crippen molar-refractivity contribution in [3.63, 3.8) is 0 Å². The van der Waals surface area contributed by atoms with E-state index in [-0.39, 0.29) is 17.3 Å². The number of rotatable bonds is 4. The monoisotopic (exact) mass is 260 g/mol. The highest BCUT2D eigenvalue weighted by molar-refractivity contribution is 5.71. The first-order chi connectivity index (χ1) is 9.11. The SMILES string of the molecule is COc1ccccc1Nc1nc(N)ccc1[N+](=O)[O-]. The number of ether oxygens (including phenoxy) is 1. The van der Waals surface area contributed by atoms with E-state index in [2.05, 4.69) is 10.3 Å². The number of benzene rings is 1. The van der Waals surface area contributed by atoms with Crippen molar-refractivity contribution in [1.29, 1.82) is 0 Å². The Morgan fingerprint density at radius 2 is 2.05 bits per heavy atom. The van der Waals surface area contributed by atoms with Crippen molar-refractivity contribution >= 4 is 23.0 Å². The summed E-state index contributed by atoms with van der Waals surface area (Å²) in [7, 11) is 1.52. The summed E-state index contributed by atoms with van der Waals surface area (Å²) >= 11 is 0. The molecule has 0 fully saturated rings. The van der Waals surface area contributed by atoms with Gasteiger partial charge in [-0.3, -0.25) is 10.1 Å². The molecule has 0 bridgehead atoms. The molecule has 98 valence electrons. The molecule has 3 N–H and O–H groups in total. The van der Waals surface area contributed by atoms with Gasteiger partial charge in [0.15, 0.2) is 0 Å². The number of hydrogen-bond acceptors (Lipinski definition) is 6. The van der Waals surface area contributed by atoms with E-state index in [0.717, 1.165) is 0 Å². The highest BCUT2D eigenvalue weighted by Crippen LogP contribution is 2.31. The summed E-state index contributed by atoms with van der Waals surface area (Å²) in [5, 5.41) is 13.8. The van der Waals surface area contributed by atoms with E-state index in [1.54, 1.807) is 24.3 Å². The van der Waals surface area contributed by atoms with Gasteiger partial charge in [0, 0.05) is 6.07 Å². The van der Waals surface area contributed by atoms with E-state index in [1.807, 2.05) is 0 Å². The minimum Gasteiger partial charge on any atom is -0.495 e. The predicted molar refractivity (Wildman–Crippen MR) is 71.6 cm³/mol. The van der Waals surface area contributed by atoms with Gasteiger partial charge < -0.3 is 15.8 Å². The maximum atomic E-state index is 10.9. The average molecular weight is 260 g/mol. The lowest BCUT2D eigenvalue weighted by Crippen LogP contribution is -2.03. The van der Waals surface area contributed by atoms with Crippen LogP contribution in [0, 0.1) is 10.1 Å². The third-order valence-electron chi connectivity index (χ3n) is 2.45. The number of anilines is 3. The number of para-hydroxylation sites is 2. The molecule has 0 aliphatic carbocycles. The van der Waals surface area contributed by atoms with Gasteiger partial charge in [-0.15, -0.1) is 0 Å². The number of aromatic nitrogens is 1. The highest BCUT2D eigenvalue weighted by Gasteiger charge is 2.16. The number of hydrogen-bond donors (Lipinski definition) is 2. The summed E-state index contributed by atoms with van der Waals surface area (Å²) in [4.78, 5) is 14.3. The van der Waals surface area contributed by atoms with Gasteiger partial charge >= 0.3 is 5.69 Å². The molecule has 0 amide bonds. The van der Waals surface area contributed by atoms with Crippen molar-refractivity contribution in [2.45, 2.75) is 0 Å². The maximum absolute atomic E-state index is 10.9. The van der Waals surface area contributed by atoms with Gasteiger partial charge in [0.05, 0.1) is 17.7 Å². The Labute approximate surface area is 109 Å². The summed E-state index contributed by atoms with van der Waals surface area (Å²) in [6.07, 6.45) is 0. The van der Waals surface area contributed by atoms with Crippen LogP contribution < -0.4 is 15.8 Å². The first kappa shape index (κ1) is 12.6. The molecule has 0 radical (unpaired) electrons. The standard InChI is InChI=1S/C12H12N4O3/c1-19-10-5-3-2-4-8(10)14-12-9(16(17)18)6-7-11(13)15-12/h2-7H,1H3,(H3,13,14,15). The third-order valence-corrected chi connectivity index (χ3v) is 2.45. The fraction of sp³-hybridized carbons (Fsp3) is 0.0833. The predicted octanol–water partition coefficient (Wildman–Crippen LogP) is 2.32. The number of nitrogens with two attached hydrogens (primary N) is 1. The van der Waals surface area contributed by atoms with Crippen molar-refractivity contribution in [3.8, 4) is 5.75 Å². The normalized spacial score (nSPS) is 9.95. The summed E-state index contributed by atoms with van der Waals surface area (Å²) in [6.45, 7) is 0. The van der Waals surface area contributed by atoms with E-state index >= 15 is 0 Å². The molecule has 1 aromatic heterocycles. The molecular formula is C12H12N4O3. The highest BCUT2D eigenvalue weighted by atomic mass is 16.6. The van der Waals surface area contributed by atoms with Crippen LogP contribution >= 0.6 is 0 Å². The smallest absolute Gasteiger partial charge is 0.311 e. The van der Waals surface area contributed by atoms with Crippen LogP contribution in [0.4, 0.5) is 23.0 Å². The number of pyridine rings is 1. The molecule has 0 aliphatic rings. The number of nitrogens with one attached hydrogen (secondary N) is 1. The second-order valence-electron chi connectivity index (χ2n) is 3.69. The zero-order chi connectivity index (χ0) is 13.8. The van der Waals surface area contributed by atoms with Crippen molar-refractivity contribution in [3.05, 3.63) is 46.5 Å². The molecule has 0 unspecified atom stereocenters. The second kappa shape index (κ2) is 5.21. The van der Waals surface area contributed by atoms with E-state index < -0.39 is 4.92 Å². The lowest BCUT2D eigenvalue weighted by molar-refractivity contribution is -0.384. The first-order valence-corrected chi connectivity index (χ1v) is 5.43. The summed E-state index contributed by atoms with van der Waals surface area (Å²) in [5.41, 5.74) is 5.97. The number of nitrogen functional groups attached to an aromatic ring is 1. The Bertz CT molecular complexity index is 616. The van der Waals surface area contributed by atoms with Crippen molar-refractivity contribution < 1.29 is 9.66 Å². The van der Waals surface area contributed by atoms with E-state index in [4.69, 9.17) is 10.5 Å². The molecule has 0 spiro atoms. The zero-order valence-electron chi connectivity index (χ0n) is 10.2. The summed E-state index contributed by atoms with van der Waals surface area (Å²) in [6, 6.07) is 9.73. The van der Waals surface area contributed by atoms with Crippen LogP contribution in [-0.2, 0) is 0 Å². The zero-order valence-corrected chi connectivity index (χ0v) is 10.2. The molecular weight excluding hydrogens is 248 g/mol. The Morgan fingerprint density at radius 3 is 2.74 bits per heavy atom. The van der Waals surface area contributed by atoms with E-state index in [0.29, 0.717) is 11.4 Å². The summed E-state index contributed by atoms with van der Waals surface area (Å²) < 4.78 is 5.16. The molecule has 0 aliphatic heterocycles. The molecule has 2 rings (SSSR count).